The number of rotatable bonds is 5. The van der Waals surface area contributed by atoms with Gasteiger partial charge < -0.3 is 5.32 Å². The second-order valence-electron chi connectivity index (χ2n) is 4.56. The van der Waals surface area contributed by atoms with E-state index in [2.05, 4.69) is 11.4 Å². The Morgan fingerprint density at radius 1 is 1.05 bits per heavy atom. The summed E-state index contributed by atoms with van der Waals surface area (Å²) in [6.07, 6.45) is 0.188. The highest BCUT2D eigenvalue weighted by Gasteiger charge is 2.14. The van der Waals surface area contributed by atoms with Crippen LogP contribution in [-0.2, 0) is 11.3 Å². The molecule has 1 amide bonds. The summed E-state index contributed by atoms with van der Waals surface area (Å²) in [4.78, 5) is 11.9. The van der Waals surface area contributed by atoms with E-state index >= 15 is 0 Å². The molecule has 2 rings (SSSR count). The summed E-state index contributed by atoms with van der Waals surface area (Å²) in [5.41, 5.74) is 1.93. The molecule has 0 saturated heterocycles. The standard InChI is InChI=1S/C17H16N2O/c18-12-16(15-9-5-2-6-10-15)11-17(20)19-13-14-7-3-1-4-8-14/h1-10,16H,11,13H2,(H,19,20). The predicted octanol–water partition coefficient (Wildman–Crippen LogP) is 3.00. The van der Waals surface area contributed by atoms with E-state index < -0.39 is 5.92 Å². The number of hydrogen-bond acceptors (Lipinski definition) is 2. The van der Waals surface area contributed by atoms with Gasteiger partial charge >= 0.3 is 0 Å². The first-order valence-corrected chi connectivity index (χ1v) is 6.55. The minimum absolute atomic E-state index is 0.107. The van der Waals surface area contributed by atoms with Gasteiger partial charge in [-0.1, -0.05) is 60.7 Å². The van der Waals surface area contributed by atoms with E-state index in [4.69, 9.17) is 0 Å². The summed E-state index contributed by atoms with van der Waals surface area (Å²) in [7, 11) is 0. The quantitative estimate of drug-likeness (QED) is 0.902. The van der Waals surface area contributed by atoms with E-state index in [1.165, 1.54) is 0 Å². The van der Waals surface area contributed by atoms with Crippen LogP contribution in [0.3, 0.4) is 0 Å². The molecule has 100 valence electrons. The van der Waals surface area contributed by atoms with Gasteiger partial charge in [0, 0.05) is 13.0 Å². The van der Waals surface area contributed by atoms with Crippen LogP contribution in [0, 0.1) is 11.3 Å². The van der Waals surface area contributed by atoms with Crippen molar-refractivity contribution >= 4 is 5.91 Å². The second-order valence-corrected chi connectivity index (χ2v) is 4.56. The summed E-state index contributed by atoms with van der Waals surface area (Å²) >= 11 is 0. The average Bonchev–Trinajstić information content (AvgIpc) is 2.52. The van der Waals surface area contributed by atoms with Crippen LogP contribution in [0.4, 0.5) is 0 Å². The van der Waals surface area contributed by atoms with Gasteiger partial charge in [-0.2, -0.15) is 5.26 Å². The van der Waals surface area contributed by atoms with Crippen LogP contribution in [0.15, 0.2) is 60.7 Å². The third-order valence-electron chi connectivity index (χ3n) is 3.08. The van der Waals surface area contributed by atoms with Gasteiger partial charge in [0.2, 0.25) is 5.91 Å². The van der Waals surface area contributed by atoms with E-state index in [9.17, 15) is 10.1 Å². The maximum absolute atomic E-state index is 11.9. The lowest BCUT2D eigenvalue weighted by Crippen LogP contribution is -2.24. The summed E-state index contributed by atoms with van der Waals surface area (Å²) < 4.78 is 0. The van der Waals surface area contributed by atoms with Crippen molar-refractivity contribution in [3.63, 3.8) is 0 Å². The minimum atomic E-state index is -0.396. The highest BCUT2D eigenvalue weighted by molar-refractivity contribution is 5.77. The number of carbonyl (C=O) groups excluding carboxylic acids is 1. The van der Waals surface area contributed by atoms with Crippen LogP contribution >= 0.6 is 0 Å². The summed E-state index contributed by atoms with van der Waals surface area (Å²) in [6.45, 7) is 0.493. The first-order valence-electron chi connectivity index (χ1n) is 6.55. The second kappa shape index (κ2) is 7.10. The Bertz CT molecular complexity index is 587. The van der Waals surface area contributed by atoms with E-state index in [1.54, 1.807) is 0 Å². The van der Waals surface area contributed by atoms with Crippen LogP contribution in [0.1, 0.15) is 23.5 Å². The Labute approximate surface area is 118 Å². The van der Waals surface area contributed by atoms with Gasteiger partial charge in [-0.05, 0) is 11.1 Å². The molecule has 3 nitrogen and oxygen atoms in total. The lowest BCUT2D eigenvalue weighted by Gasteiger charge is -2.10. The van der Waals surface area contributed by atoms with Crippen LogP contribution < -0.4 is 5.32 Å². The van der Waals surface area contributed by atoms with Gasteiger partial charge in [0.15, 0.2) is 0 Å². The molecule has 3 heteroatoms. The fraction of sp³-hybridized carbons (Fsp3) is 0.176. The van der Waals surface area contributed by atoms with Crippen molar-refractivity contribution in [3.05, 3.63) is 71.8 Å². The molecular formula is C17H16N2O. The van der Waals surface area contributed by atoms with Gasteiger partial charge in [0.05, 0.1) is 12.0 Å². The lowest BCUT2D eigenvalue weighted by molar-refractivity contribution is -0.121. The largest absolute Gasteiger partial charge is 0.352 e. The Balaban J connectivity index is 1.89. The minimum Gasteiger partial charge on any atom is -0.352 e. The fourth-order valence-electron chi connectivity index (χ4n) is 1.98. The van der Waals surface area contributed by atoms with Gasteiger partial charge in [-0.25, -0.2) is 0 Å². The predicted molar refractivity (Wildman–Crippen MR) is 77.7 cm³/mol. The van der Waals surface area contributed by atoms with Gasteiger partial charge in [-0.3, -0.25) is 4.79 Å². The maximum atomic E-state index is 11.9. The number of hydrogen-bond donors (Lipinski definition) is 1. The van der Waals surface area contributed by atoms with Crippen molar-refractivity contribution in [2.45, 2.75) is 18.9 Å². The van der Waals surface area contributed by atoms with Crippen LogP contribution in [0.5, 0.6) is 0 Å². The normalized spacial score (nSPS) is 11.3. The summed E-state index contributed by atoms with van der Waals surface area (Å²) in [5, 5.41) is 12.0. The molecule has 1 N–H and O–H groups in total. The molecule has 0 bridgehead atoms. The molecule has 0 aliphatic heterocycles. The van der Waals surface area contributed by atoms with Crippen molar-refractivity contribution in [1.82, 2.24) is 5.32 Å². The Kier molecular flexibility index (Phi) is 4.91. The number of amides is 1. The summed E-state index contributed by atoms with van der Waals surface area (Å²) in [5.74, 6) is -0.503. The smallest absolute Gasteiger partial charge is 0.221 e. The molecule has 0 spiro atoms. The van der Waals surface area contributed by atoms with Gasteiger partial charge in [-0.15, -0.1) is 0 Å². The molecular weight excluding hydrogens is 248 g/mol. The molecule has 0 saturated carbocycles. The lowest BCUT2D eigenvalue weighted by atomic mass is 9.97. The van der Waals surface area contributed by atoms with Crippen LogP contribution in [-0.4, -0.2) is 5.91 Å². The monoisotopic (exact) mass is 264 g/mol. The van der Waals surface area contributed by atoms with Crippen molar-refractivity contribution in [1.29, 1.82) is 5.26 Å². The number of nitrogens with one attached hydrogen (secondary N) is 1. The highest BCUT2D eigenvalue weighted by Crippen LogP contribution is 2.18. The highest BCUT2D eigenvalue weighted by atomic mass is 16.1. The molecule has 1 unspecified atom stereocenters. The zero-order valence-electron chi connectivity index (χ0n) is 11.1. The molecule has 1 atom stereocenters. The van der Waals surface area contributed by atoms with E-state index in [0.29, 0.717) is 6.54 Å². The molecule has 0 fully saturated rings. The molecule has 2 aromatic carbocycles. The van der Waals surface area contributed by atoms with Crippen molar-refractivity contribution in [2.75, 3.05) is 0 Å². The number of nitriles is 1. The first kappa shape index (κ1) is 13.8. The van der Waals surface area contributed by atoms with Gasteiger partial charge in [0.25, 0.3) is 0 Å². The third kappa shape index (κ3) is 3.96. The van der Waals surface area contributed by atoms with Crippen molar-refractivity contribution < 1.29 is 4.79 Å². The van der Waals surface area contributed by atoms with Crippen molar-refractivity contribution in [2.24, 2.45) is 0 Å². The molecule has 0 aromatic heterocycles. The van der Waals surface area contributed by atoms with Gasteiger partial charge in [0.1, 0.15) is 0 Å². The molecule has 0 radical (unpaired) electrons. The number of nitrogens with zero attached hydrogens (tertiary/aromatic N) is 1. The van der Waals surface area contributed by atoms with E-state index in [0.717, 1.165) is 11.1 Å². The molecule has 0 aliphatic rings. The first-order chi connectivity index (χ1) is 9.79. The van der Waals surface area contributed by atoms with E-state index in [-0.39, 0.29) is 12.3 Å². The SMILES string of the molecule is N#CC(CC(=O)NCc1ccccc1)c1ccccc1. The molecule has 0 aliphatic carbocycles. The fourth-order valence-corrected chi connectivity index (χ4v) is 1.98. The molecule has 2 aromatic rings. The van der Waals surface area contributed by atoms with Crippen molar-refractivity contribution in [3.8, 4) is 6.07 Å². The zero-order chi connectivity index (χ0) is 14.2. The topological polar surface area (TPSA) is 52.9 Å². The molecule has 0 heterocycles. The number of benzene rings is 2. The Morgan fingerprint density at radius 3 is 2.25 bits per heavy atom. The Morgan fingerprint density at radius 2 is 1.65 bits per heavy atom. The summed E-state index contributed by atoms with van der Waals surface area (Å²) in [6, 6.07) is 21.3. The number of carbonyl (C=O) groups is 1. The van der Waals surface area contributed by atoms with Crippen LogP contribution in [0.2, 0.25) is 0 Å². The molecule has 20 heavy (non-hydrogen) atoms. The van der Waals surface area contributed by atoms with E-state index in [1.807, 2.05) is 60.7 Å². The average molecular weight is 264 g/mol. The zero-order valence-corrected chi connectivity index (χ0v) is 11.1. The Hall–Kier alpha value is -2.60. The maximum Gasteiger partial charge on any atom is 0.221 e. The van der Waals surface area contributed by atoms with Crippen LogP contribution in [0.25, 0.3) is 0 Å². The third-order valence-corrected chi connectivity index (χ3v) is 3.08.